The van der Waals surface area contributed by atoms with Crippen molar-refractivity contribution in [2.45, 2.75) is 31.7 Å². The topological polar surface area (TPSA) is 40.6 Å². The normalized spacial score (nSPS) is 22.7. The second-order valence-electron chi connectivity index (χ2n) is 4.00. The molecule has 0 unspecified atom stereocenters. The van der Waals surface area contributed by atoms with E-state index >= 15 is 0 Å². The maximum absolute atomic E-state index is 11.8. The molecule has 4 nitrogen and oxygen atoms in total. The molecular formula is C10H16N2O2. The van der Waals surface area contributed by atoms with Gasteiger partial charge in [-0.25, -0.2) is 4.79 Å². The fourth-order valence-electron chi connectivity index (χ4n) is 1.95. The lowest BCUT2D eigenvalue weighted by Gasteiger charge is -2.35. The first-order chi connectivity index (χ1) is 6.83. The second kappa shape index (κ2) is 3.98. The third-order valence-corrected chi connectivity index (χ3v) is 2.85. The predicted molar refractivity (Wildman–Crippen MR) is 52.0 cm³/mol. The number of carbonyl (C=O) groups is 2. The second-order valence-corrected chi connectivity index (χ2v) is 4.00. The Kier molecular flexibility index (Phi) is 2.70. The number of rotatable bonds is 4. The molecule has 1 aliphatic carbocycles. The molecule has 2 fully saturated rings. The molecule has 4 heteroatoms. The number of aldehydes is 1. The molecule has 1 aliphatic heterocycles. The molecule has 0 aromatic rings. The highest BCUT2D eigenvalue weighted by Gasteiger charge is 2.36. The molecule has 2 aliphatic rings. The van der Waals surface area contributed by atoms with Crippen LogP contribution in [0.1, 0.15) is 25.7 Å². The van der Waals surface area contributed by atoms with Gasteiger partial charge in [-0.15, -0.1) is 0 Å². The summed E-state index contributed by atoms with van der Waals surface area (Å²) < 4.78 is 0. The van der Waals surface area contributed by atoms with Crippen LogP contribution in [-0.4, -0.2) is 47.8 Å². The van der Waals surface area contributed by atoms with Crippen LogP contribution in [0, 0.1) is 0 Å². The van der Waals surface area contributed by atoms with E-state index in [1.807, 2.05) is 4.90 Å². The Hall–Kier alpha value is -1.06. The first-order valence-electron chi connectivity index (χ1n) is 5.32. The van der Waals surface area contributed by atoms with Crippen LogP contribution in [0.2, 0.25) is 0 Å². The van der Waals surface area contributed by atoms with Gasteiger partial charge in [0, 0.05) is 32.1 Å². The summed E-state index contributed by atoms with van der Waals surface area (Å²) in [5.41, 5.74) is 0. The van der Waals surface area contributed by atoms with E-state index < -0.39 is 0 Å². The van der Waals surface area contributed by atoms with Gasteiger partial charge >= 0.3 is 6.03 Å². The van der Waals surface area contributed by atoms with E-state index in [-0.39, 0.29) is 6.03 Å². The fourth-order valence-corrected chi connectivity index (χ4v) is 1.95. The molecule has 0 aromatic heterocycles. The van der Waals surface area contributed by atoms with Crippen molar-refractivity contribution in [3.63, 3.8) is 0 Å². The minimum atomic E-state index is 0.139. The largest absolute Gasteiger partial charge is 0.324 e. The zero-order chi connectivity index (χ0) is 9.97. The number of amides is 2. The van der Waals surface area contributed by atoms with Crippen LogP contribution in [0.25, 0.3) is 0 Å². The van der Waals surface area contributed by atoms with E-state index in [9.17, 15) is 9.59 Å². The zero-order valence-electron chi connectivity index (χ0n) is 8.32. The first-order valence-corrected chi connectivity index (χ1v) is 5.32. The third kappa shape index (κ3) is 1.89. The minimum Gasteiger partial charge on any atom is -0.324 e. The standard InChI is InChI=1S/C10H16N2O2/c13-8-2-6-11-5-1-7-12(10(11)14)9-3-4-9/h8-9H,1-7H2. The first kappa shape index (κ1) is 9.49. The number of hydrogen-bond acceptors (Lipinski definition) is 2. The third-order valence-electron chi connectivity index (χ3n) is 2.85. The van der Waals surface area contributed by atoms with E-state index in [0.29, 0.717) is 19.0 Å². The summed E-state index contributed by atoms with van der Waals surface area (Å²) in [5, 5.41) is 0. The van der Waals surface area contributed by atoms with Gasteiger partial charge < -0.3 is 14.6 Å². The van der Waals surface area contributed by atoms with Gasteiger partial charge in [0.15, 0.2) is 0 Å². The van der Waals surface area contributed by atoms with Crippen molar-refractivity contribution in [2.75, 3.05) is 19.6 Å². The quantitative estimate of drug-likeness (QED) is 0.626. The molecule has 0 radical (unpaired) electrons. The van der Waals surface area contributed by atoms with Crippen LogP contribution in [0.3, 0.4) is 0 Å². The summed E-state index contributed by atoms with van der Waals surface area (Å²) in [6, 6.07) is 0.641. The van der Waals surface area contributed by atoms with Gasteiger partial charge in [0.1, 0.15) is 6.29 Å². The predicted octanol–water partition coefficient (Wildman–Crippen LogP) is 0.865. The molecule has 78 valence electrons. The highest BCUT2D eigenvalue weighted by Crippen LogP contribution is 2.29. The molecule has 1 heterocycles. The number of nitrogens with zero attached hydrogens (tertiary/aromatic N) is 2. The molecular weight excluding hydrogens is 180 g/mol. The Morgan fingerprint density at radius 1 is 1.36 bits per heavy atom. The fraction of sp³-hybridized carbons (Fsp3) is 0.800. The van der Waals surface area contributed by atoms with Crippen molar-refractivity contribution in [2.24, 2.45) is 0 Å². The van der Waals surface area contributed by atoms with E-state index in [4.69, 9.17) is 0 Å². The number of carbonyl (C=O) groups excluding carboxylic acids is 2. The van der Waals surface area contributed by atoms with Crippen molar-refractivity contribution in [1.82, 2.24) is 9.80 Å². The molecule has 0 N–H and O–H groups in total. The smallest absolute Gasteiger partial charge is 0.320 e. The van der Waals surface area contributed by atoms with Crippen LogP contribution >= 0.6 is 0 Å². The van der Waals surface area contributed by atoms with E-state index in [2.05, 4.69) is 0 Å². The van der Waals surface area contributed by atoms with Crippen LogP contribution in [0.15, 0.2) is 0 Å². The lowest BCUT2D eigenvalue weighted by molar-refractivity contribution is -0.108. The van der Waals surface area contributed by atoms with Crippen molar-refractivity contribution in [3.8, 4) is 0 Å². The van der Waals surface area contributed by atoms with E-state index in [1.54, 1.807) is 4.90 Å². The van der Waals surface area contributed by atoms with Crippen molar-refractivity contribution >= 4 is 12.3 Å². The highest BCUT2D eigenvalue weighted by atomic mass is 16.2. The lowest BCUT2D eigenvalue weighted by Crippen LogP contribution is -2.50. The molecule has 1 saturated heterocycles. The molecule has 0 aromatic carbocycles. The number of urea groups is 1. The Labute approximate surface area is 83.9 Å². The lowest BCUT2D eigenvalue weighted by atomic mass is 10.2. The van der Waals surface area contributed by atoms with Crippen LogP contribution in [0.5, 0.6) is 0 Å². The average molecular weight is 196 g/mol. The van der Waals surface area contributed by atoms with Gasteiger partial charge in [-0.3, -0.25) is 0 Å². The average Bonchev–Trinajstić information content (AvgIpc) is 3.00. The molecule has 14 heavy (non-hydrogen) atoms. The Morgan fingerprint density at radius 2 is 2.14 bits per heavy atom. The Bertz CT molecular complexity index is 238. The van der Waals surface area contributed by atoms with Crippen molar-refractivity contribution in [1.29, 1.82) is 0 Å². The molecule has 2 amide bonds. The monoisotopic (exact) mass is 196 g/mol. The SMILES string of the molecule is O=CCCN1CCCN(C2CC2)C1=O. The van der Waals surface area contributed by atoms with E-state index in [1.165, 1.54) is 0 Å². The summed E-state index contributed by atoms with van der Waals surface area (Å²) in [5.74, 6) is 0. The molecule has 0 spiro atoms. The summed E-state index contributed by atoms with van der Waals surface area (Å²) in [6.07, 6.45) is 4.70. The van der Waals surface area contributed by atoms with Gasteiger partial charge in [0.2, 0.25) is 0 Å². The van der Waals surface area contributed by atoms with Gasteiger partial charge in [-0.1, -0.05) is 0 Å². The molecule has 2 rings (SSSR count). The maximum atomic E-state index is 11.8. The summed E-state index contributed by atoms with van der Waals surface area (Å²) >= 11 is 0. The van der Waals surface area contributed by atoms with Gasteiger partial charge in [0.25, 0.3) is 0 Å². The van der Waals surface area contributed by atoms with E-state index in [0.717, 1.165) is 38.6 Å². The Balaban J connectivity index is 1.90. The van der Waals surface area contributed by atoms with Gasteiger partial charge in [0.05, 0.1) is 0 Å². The summed E-state index contributed by atoms with van der Waals surface area (Å²) in [4.78, 5) is 25.8. The molecule has 1 saturated carbocycles. The van der Waals surface area contributed by atoms with Crippen molar-refractivity contribution < 1.29 is 9.59 Å². The van der Waals surface area contributed by atoms with Crippen LogP contribution < -0.4 is 0 Å². The minimum absolute atomic E-state index is 0.139. The van der Waals surface area contributed by atoms with Gasteiger partial charge in [-0.05, 0) is 19.3 Å². The molecule has 0 bridgehead atoms. The van der Waals surface area contributed by atoms with Crippen LogP contribution in [-0.2, 0) is 4.79 Å². The zero-order valence-corrected chi connectivity index (χ0v) is 8.32. The Morgan fingerprint density at radius 3 is 2.79 bits per heavy atom. The summed E-state index contributed by atoms with van der Waals surface area (Å²) in [7, 11) is 0. The maximum Gasteiger partial charge on any atom is 0.320 e. The van der Waals surface area contributed by atoms with Crippen molar-refractivity contribution in [3.05, 3.63) is 0 Å². The summed E-state index contributed by atoms with van der Waals surface area (Å²) in [6.45, 7) is 2.31. The molecule has 0 atom stereocenters. The highest BCUT2D eigenvalue weighted by molar-refractivity contribution is 5.76. The van der Waals surface area contributed by atoms with Crippen LogP contribution in [0.4, 0.5) is 4.79 Å². The number of hydrogen-bond donors (Lipinski definition) is 0. The van der Waals surface area contributed by atoms with Gasteiger partial charge in [-0.2, -0.15) is 0 Å².